The Morgan fingerprint density at radius 1 is 1.23 bits per heavy atom. The molecule has 1 aliphatic rings. The van der Waals surface area contributed by atoms with E-state index in [1.807, 2.05) is 13.8 Å². The molecule has 0 spiro atoms. The van der Waals surface area contributed by atoms with E-state index in [9.17, 15) is 18.0 Å². The summed E-state index contributed by atoms with van der Waals surface area (Å²) in [7, 11) is 0. The number of hydrogen-bond acceptors (Lipinski definition) is 3. The van der Waals surface area contributed by atoms with Gasteiger partial charge in [0.2, 0.25) is 5.91 Å². The van der Waals surface area contributed by atoms with Crippen molar-refractivity contribution in [2.75, 3.05) is 13.1 Å². The van der Waals surface area contributed by atoms with Crippen molar-refractivity contribution in [1.29, 1.82) is 0 Å². The van der Waals surface area contributed by atoms with E-state index in [1.165, 1.54) is 24.3 Å². The second-order valence-corrected chi connectivity index (χ2v) is 5.64. The van der Waals surface area contributed by atoms with E-state index in [0.29, 0.717) is 18.7 Å². The molecule has 1 aliphatic heterocycles. The Kier molecular flexibility index (Phi) is 4.95. The van der Waals surface area contributed by atoms with Gasteiger partial charge in [0.05, 0.1) is 6.42 Å². The highest BCUT2D eigenvalue weighted by Crippen LogP contribution is 2.23. The number of rotatable bonds is 3. The van der Waals surface area contributed by atoms with Crippen LogP contribution < -0.4 is 10.1 Å². The summed E-state index contributed by atoms with van der Waals surface area (Å²) in [6.45, 7) is 5.30. The molecule has 2 rings (SSSR count). The van der Waals surface area contributed by atoms with Gasteiger partial charge >= 0.3 is 6.36 Å². The molecule has 0 unspecified atom stereocenters. The minimum atomic E-state index is -4.70. The van der Waals surface area contributed by atoms with Crippen molar-refractivity contribution in [2.45, 2.75) is 38.7 Å². The molecule has 122 valence electrons. The van der Waals surface area contributed by atoms with Gasteiger partial charge in [-0.3, -0.25) is 4.79 Å². The summed E-state index contributed by atoms with van der Waals surface area (Å²) in [4.78, 5) is 14.0. The van der Waals surface area contributed by atoms with Gasteiger partial charge in [-0.25, -0.2) is 0 Å². The van der Waals surface area contributed by atoms with Crippen molar-refractivity contribution < 1.29 is 22.7 Å². The van der Waals surface area contributed by atoms with E-state index in [4.69, 9.17) is 0 Å². The number of ether oxygens (including phenoxy) is 1. The van der Waals surface area contributed by atoms with Crippen LogP contribution in [0.5, 0.6) is 5.75 Å². The number of nitrogens with one attached hydrogen (secondary N) is 1. The Hall–Kier alpha value is -1.76. The molecule has 22 heavy (non-hydrogen) atoms. The standard InChI is InChI=1S/C15H19F3N2O2/c1-10-8-20(9-11(2)19-10)14(21)7-12-3-5-13(6-4-12)22-15(16,17)18/h3-6,10-11,19H,7-9H2,1-2H3/t10-,11+. The molecule has 0 bridgehead atoms. The zero-order valence-electron chi connectivity index (χ0n) is 12.5. The van der Waals surface area contributed by atoms with Gasteiger partial charge in [-0.05, 0) is 31.5 Å². The lowest BCUT2D eigenvalue weighted by Crippen LogP contribution is -2.56. The zero-order valence-corrected chi connectivity index (χ0v) is 12.5. The molecule has 2 atom stereocenters. The van der Waals surface area contributed by atoms with Crippen LogP contribution in [0.25, 0.3) is 0 Å². The van der Waals surface area contributed by atoms with Crippen molar-refractivity contribution in [3.63, 3.8) is 0 Å². The molecule has 1 N–H and O–H groups in total. The summed E-state index contributed by atoms with van der Waals surface area (Å²) in [5.74, 6) is -0.308. The molecule has 7 heteroatoms. The van der Waals surface area contributed by atoms with Crippen LogP contribution in [0.3, 0.4) is 0 Å². The number of amides is 1. The summed E-state index contributed by atoms with van der Waals surface area (Å²) in [5, 5.41) is 3.34. The molecule has 1 saturated heterocycles. The second-order valence-electron chi connectivity index (χ2n) is 5.64. The smallest absolute Gasteiger partial charge is 0.406 e. The number of alkyl halides is 3. The van der Waals surface area contributed by atoms with Crippen LogP contribution in [0, 0.1) is 0 Å². The maximum absolute atomic E-state index is 12.3. The van der Waals surface area contributed by atoms with E-state index in [-0.39, 0.29) is 30.2 Å². The molecular formula is C15H19F3N2O2. The fourth-order valence-electron chi connectivity index (χ4n) is 2.63. The molecule has 0 aliphatic carbocycles. The zero-order chi connectivity index (χ0) is 16.3. The number of nitrogens with zero attached hydrogens (tertiary/aromatic N) is 1. The third kappa shape index (κ3) is 4.91. The van der Waals surface area contributed by atoms with Gasteiger partial charge in [0.15, 0.2) is 0 Å². The molecule has 0 saturated carbocycles. The van der Waals surface area contributed by atoms with Crippen LogP contribution in [0.1, 0.15) is 19.4 Å². The molecule has 1 aromatic carbocycles. The monoisotopic (exact) mass is 316 g/mol. The van der Waals surface area contributed by atoms with E-state index < -0.39 is 6.36 Å². The summed E-state index contributed by atoms with van der Waals surface area (Å²) in [5.41, 5.74) is 0.665. The molecule has 1 amide bonds. The molecule has 4 nitrogen and oxygen atoms in total. The number of piperazine rings is 1. The lowest BCUT2D eigenvalue weighted by molar-refractivity contribution is -0.274. The van der Waals surface area contributed by atoms with Gasteiger partial charge in [0, 0.05) is 25.2 Å². The predicted octanol–water partition coefficient (Wildman–Crippen LogP) is 2.34. The molecule has 1 heterocycles. The van der Waals surface area contributed by atoms with Crippen LogP contribution in [0.4, 0.5) is 13.2 Å². The maximum Gasteiger partial charge on any atom is 0.573 e. The largest absolute Gasteiger partial charge is 0.573 e. The minimum absolute atomic E-state index is 0.0234. The normalized spacial score (nSPS) is 22.5. The SMILES string of the molecule is C[C@@H]1CN(C(=O)Cc2ccc(OC(F)(F)F)cc2)C[C@H](C)N1. The van der Waals surface area contributed by atoms with Crippen molar-refractivity contribution in [3.8, 4) is 5.75 Å². The lowest BCUT2D eigenvalue weighted by atomic mass is 10.1. The van der Waals surface area contributed by atoms with Crippen molar-refractivity contribution in [3.05, 3.63) is 29.8 Å². The number of hydrogen-bond donors (Lipinski definition) is 1. The highest BCUT2D eigenvalue weighted by atomic mass is 19.4. The first kappa shape index (κ1) is 16.6. The number of carbonyl (C=O) groups excluding carboxylic acids is 1. The highest BCUT2D eigenvalue weighted by Gasteiger charge is 2.31. The Morgan fingerprint density at radius 2 is 1.77 bits per heavy atom. The van der Waals surface area contributed by atoms with Gasteiger partial charge in [0.25, 0.3) is 0 Å². The van der Waals surface area contributed by atoms with Gasteiger partial charge in [-0.1, -0.05) is 12.1 Å². The van der Waals surface area contributed by atoms with Gasteiger partial charge < -0.3 is 15.0 Å². The van der Waals surface area contributed by atoms with Crippen LogP contribution in [-0.4, -0.2) is 42.3 Å². The summed E-state index contributed by atoms with van der Waals surface area (Å²) in [6, 6.07) is 5.87. The van der Waals surface area contributed by atoms with Crippen LogP contribution in [0.2, 0.25) is 0 Å². The third-order valence-electron chi connectivity index (χ3n) is 3.42. The first-order chi connectivity index (χ1) is 10.2. The van der Waals surface area contributed by atoms with Gasteiger partial charge in [0.1, 0.15) is 5.75 Å². The van der Waals surface area contributed by atoms with E-state index in [1.54, 1.807) is 4.90 Å². The Bertz CT molecular complexity index is 507. The number of benzene rings is 1. The van der Waals surface area contributed by atoms with E-state index >= 15 is 0 Å². The topological polar surface area (TPSA) is 41.6 Å². The minimum Gasteiger partial charge on any atom is -0.406 e. The average Bonchev–Trinajstić information content (AvgIpc) is 2.38. The third-order valence-corrected chi connectivity index (χ3v) is 3.42. The summed E-state index contributed by atoms with van der Waals surface area (Å²) in [6.07, 6.45) is -4.53. The van der Waals surface area contributed by atoms with E-state index in [2.05, 4.69) is 10.1 Å². The van der Waals surface area contributed by atoms with Crippen molar-refractivity contribution >= 4 is 5.91 Å². The van der Waals surface area contributed by atoms with Crippen molar-refractivity contribution in [2.24, 2.45) is 0 Å². The molecule has 1 aromatic rings. The molecular weight excluding hydrogens is 297 g/mol. The lowest BCUT2D eigenvalue weighted by Gasteiger charge is -2.36. The van der Waals surface area contributed by atoms with Gasteiger partial charge in [-0.15, -0.1) is 13.2 Å². The highest BCUT2D eigenvalue weighted by molar-refractivity contribution is 5.79. The number of carbonyl (C=O) groups is 1. The maximum atomic E-state index is 12.3. The fraction of sp³-hybridized carbons (Fsp3) is 0.533. The first-order valence-corrected chi connectivity index (χ1v) is 7.11. The van der Waals surface area contributed by atoms with Crippen LogP contribution in [-0.2, 0) is 11.2 Å². The Morgan fingerprint density at radius 3 is 2.27 bits per heavy atom. The summed E-state index contributed by atoms with van der Waals surface area (Å²) < 4.78 is 40.0. The van der Waals surface area contributed by atoms with Crippen LogP contribution in [0.15, 0.2) is 24.3 Å². The fourth-order valence-corrected chi connectivity index (χ4v) is 2.63. The Labute approximate surface area is 127 Å². The van der Waals surface area contributed by atoms with Crippen molar-refractivity contribution in [1.82, 2.24) is 10.2 Å². The first-order valence-electron chi connectivity index (χ1n) is 7.11. The quantitative estimate of drug-likeness (QED) is 0.930. The van der Waals surface area contributed by atoms with Crippen LogP contribution >= 0.6 is 0 Å². The summed E-state index contributed by atoms with van der Waals surface area (Å²) >= 11 is 0. The number of halogens is 3. The molecule has 1 fully saturated rings. The van der Waals surface area contributed by atoms with E-state index in [0.717, 1.165) is 0 Å². The molecule has 0 radical (unpaired) electrons. The molecule has 0 aromatic heterocycles. The predicted molar refractivity (Wildman–Crippen MR) is 75.5 cm³/mol. The second kappa shape index (κ2) is 6.56. The Balaban J connectivity index is 1.94. The van der Waals surface area contributed by atoms with Gasteiger partial charge in [-0.2, -0.15) is 0 Å². The average molecular weight is 316 g/mol.